The number of pyridine rings is 2. The average molecular weight is 947 g/mol. The Morgan fingerprint density at radius 3 is 1.36 bits per heavy atom. The van der Waals surface area contributed by atoms with Crippen LogP contribution in [0.1, 0.15) is 57.0 Å². The lowest BCUT2D eigenvalue weighted by molar-refractivity contribution is -0.116. The Hall–Kier alpha value is -8.21. The summed E-state index contributed by atoms with van der Waals surface area (Å²) in [6.07, 6.45) is 2.77. The Morgan fingerprint density at radius 1 is 0.493 bits per heavy atom. The molecule has 2 unspecified atom stereocenters. The van der Waals surface area contributed by atoms with Gasteiger partial charge in [0.05, 0.1) is 11.4 Å². The van der Waals surface area contributed by atoms with Gasteiger partial charge in [-0.3, -0.25) is 14.8 Å². The average Bonchev–Trinajstić information content (AvgIpc) is 3.75. The molecule has 1 saturated carbocycles. The lowest BCUT2D eigenvalue weighted by Crippen LogP contribution is -2.30. The maximum Gasteiger partial charge on any atom is 0.162 e. The van der Waals surface area contributed by atoms with E-state index in [-0.39, 0.29) is 22.5 Å². The summed E-state index contributed by atoms with van der Waals surface area (Å²) in [5.41, 5.74) is 18.5. The number of rotatable bonds is 11. The summed E-state index contributed by atoms with van der Waals surface area (Å²) in [6.45, 7) is 10.7. The van der Waals surface area contributed by atoms with E-state index < -0.39 is 0 Å². The zero-order chi connectivity index (χ0) is 50.0. The zero-order valence-electron chi connectivity index (χ0n) is 42.2. The van der Waals surface area contributed by atoms with Gasteiger partial charge in [-0.05, 0) is 147 Å². The first kappa shape index (κ1) is 45.9. The molecule has 4 nitrogen and oxygen atoms in total. The van der Waals surface area contributed by atoms with Crippen molar-refractivity contribution in [1.29, 1.82) is 0 Å². The van der Waals surface area contributed by atoms with Gasteiger partial charge < -0.3 is 5.11 Å². The Morgan fingerprint density at radius 2 is 0.890 bits per heavy atom. The Kier molecular flexibility index (Phi) is 11.4. The normalized spacial score (nSPS) is 16.9. The number of nitrogens with zero attached hydrogens (tertiary/aromatic N) is 2. The van der Waals surface area contributed by atoms with Crippen LogP contribution in [0.3, 0.4) is 0 Å². The third-order valence-corrected chi connectivity index (χ3v) is 16.9. The van der Waals surface area contributed by atoms with E-state index in [1.54, 1.807) is 0 Å². The predicted octanol–water partition coefficient (Wildman–Crippen LogP) is 17.8. The van der Waals surface area contributed by atoms with Crippen molar-refractivity contribution in [1.82, 2.24) is 9.97 Å². The number of aliphatic hydroxyl groups excluding tert-OH is 1. The van der Waals surface area contributed by atoms with Gasteiger partial charge in [-0.15, -0.1) is 0 Å². The third-order valence-electron chi connectivity index (χ3n) is 16.9. The van der Waals surface area contributed by atoms with E-state index in [1.807, 2.05) is 0 Å². The molecule has 10 aromatic rings. The molecule has 356 valence electrons. The second-order valence-corrected chi connectivity index (χ2v) is 21.2. The molecular formula is C69H58N2O2. The number of allylic oxidation sites excluding steroid dienone is 2. The topological polar surface area (TPSA) is 63.1 Å². The molecule has 2 aliphatic carbocycles. The summed E-state index contributed by atoms with van der Waals surface area (Å²) in [4.78, 5) is 24.3. The van der Waals surface area contributed by atoms with Crippen LogP contribution in [-0.2, 0) is 11.2 Å². The van der Waals surface area contributed by atoms with Crippen LogP contribution in [0.15, 0.2) is 212 Å². The molecule has 1 N–H and O–H groups in total. The van der Waals surface area contributed by atoms with Crippen LogP contribution in [-0.4, -0.2) is 20.9 Å². The van der Waals surface area contributed by atoms with Crippen molar-refractivity contribution >= 4 is 27.3 Å². The van der Waals surface area contributed by atoms with Crippen molar-refractivity contribution in [2.24, 2.45) is 16.7 Å². The molecular weight excluding hydrogens is 889 g/mol. The molecule has 2 heterocycles. The van der Waals surface area contributed by atoms with Crippen LogP contribution >= 0.6 is 0 Å². The molecule has 0 radical (unpaired) electrons. The van der Waals surface area contributed by atoms with Gasteiger partial charge in [-0.25, -0.2) is 0 Å². The van der Waals surface area contributed by atoms with Gasteiger partial charge in [0.15, 0.2) is 5.78 Å². The standard InChI is InChI=1S/C69H58N2O2/c1-43-55-19-9-7-17-50(55)41-63(70-43)48-30-26-46(27-31-48)58-22-12-14-24-60(58)53-38-52(57-21-11-6-16-45(57)34-35-65(72)66-62-36-37-69(5,67(66)73)68(62,3)4)39-54(40-53)61-25-15-13-23-59(61)47-28-32-49(33-29-47)64-42-51-18-8-10-20-56(51)44(2)71-64/h6-33,38-42,62,73H,34-37H2,1-5H3. The van der Waals surface area contributed by atoms with Crippen LogP contribution in [0.25, 0.3) is 99.7 Å². The molecule has 0 saturated heterocycles. The molecule has 0 amide bonds. The second kappa shape index (κ2) is 18.1. The summed E-state index contributed by atoms with van der Waals surface area (Å²) in [5, 5.41) is 16.3. The third kappa shape index (κ3) is 7.97. The van der Waals surface area contributed by atoms with Gasteiger partial charge in [-0.2, -0.15) is 0 Å². The highest BCUT2D eigenvalue weighted by Crippen LogP contribution is 2.67. The Balaban J connectivity index is 0.945. The van der Waals surface area contributed by atoms with Gasteiger partial charge >= 0.3 is 0 Å². The van der Waals surface area contributed by atoms with Crippen LogP contribution in [0.4, 0.5) is 0 Å². The SMILES string of the molecule is Cc1nc(-c2ccc(-c3ccccc3-c3cc(-c4ccccc4CCC(=O)C4=C(O)C5(C)CCC4C5(C)C)cc(-c4ccccc4-c4ccc(-c5cc6ccccc6c(C)n5)cc4)c3)cc2)cc2ccccc12. The number of carbonyl (C=O) groups excluding carboxylic acids is 1. The molecule has 1 fully saturated rings. The summed E-state index contributed by atoms with van der Waals surface area (Å²) < 4.78 is 0. The lowest BCUT2D eigenvalue weighted by atomic mass is 9.69. The summed E-state index contributed by atoms with van der Waals surface area (Å²) in [6, 6.07) is 71.8. The number of ketones is 1. The first-order valence-electron chi connectivity index (χ1n) is 25.8. The summed E-state index contributed by atoms with van der Waals surface area (Å²) >= 11 is 0. The van der Waals surface area contributed by atoms with Crippen molar-refractivity contribution in [3.8, 4) is 78.1 Å². The fraction of sp³-hybridized carbons (Fsp3) is 0.174. The number of aryl methyl sites for hydroxylation is 3. The molecule has 0 aliphatic heterocycles. The maximum absolute atomic E-state index is 14.2. The van der Waals surface area contributed by atoms with Crippen molar-refractivity contribution in [3.05, 3.63) is 228 Å². The smallest absolute Gasteiger partial charge is 0.162 e. The highest BCUT2D eigenvalue weighted by Gasteiger charge is 2.62. The van der Waals surface area contributed by atoms with Gasteiger partial charge in [0.2, 0.25) is 0 Å². The quantitative estimate of drug-likeness (QED) is 0.140. The van der Waals surface area contributed by atoms with Crippen LogP contribution in [0.5, 0.6) is 0 Å². The van der Waals surface area contributed by atoms with Gasteiger partial charge in [0, 0.05) is 50.7 Å². The molecule has 0 spiro atoms. The first-order valence-corrected chi connectivity index (χ1v) is 25.8. The minimum Gasteiger partial charge on any atom is -0.511 e. The fourth-order valence-electron chi connectivity index (χ4n) is 12.4. The van der Waals surface area contributed by atoms with E-state index in [2.05, 4.69) is 235 Å². The number of hydrogen-bond donors (Lipinski definition) is 1. The molecule has 12 rings (SSSR count). The largest absolute Gasteiger partial charge is 0.511 e. The molecule has 73 heavy (non-hydrogen) atoms. The molecule has 4 heteroatoms. The predicted molar refractivity (Wildman–Crippen MR) is 302 cm³/mol. The number of benzene rings is 8. The van der Waals surface area contributed by atoms with Crippen molar-refractivity contribution in [2.75, 3.05) is 0 Å². The van der Waals surface area contributed by atoms with Crippen LogP contribution in [0.2, 0.25) is 0 Å². The Labute approximate surface area is 428 Å². The molecule has 2 bridgehead atoms. The van der Waals surface area contributed by atoms with E-state index in [1.165, 1.54) is 21.5 Å². The van der Waals surface area contributed by atoms with E-state index in [9.17, 15) is 9.90 Å². The Bertz CT molecular complexity index is 3650. The first-order chi connectivity index (χ1) is 35.4. The number of aliphatic hydroxyl groups is 1. The minimum atomic E-state index is -0.352. The number of hydrogen-bond acceptors (Lipinski definition) is 4. The van der Waals surface area contributed by atoms with Crippen LogP contribution in [0, 0.1) is 30.6 Å². The van der Waals surface area contributed by atoms with E-state index in [0.29, 0.717) is 24.2 Å². The number of carbonyl (C=O) groups is 1. The lowest BCUT2D eigenvalue weighted by Gasteiger charge is -2.34. The highest BCUT2D eigenvalue weighted by molar-refractivity contribution is 5.98. The van der Waals surface area contributed by atoms with Gasteiger partial charge in [0.1, 0.15) is 5.76 Å². The summed E-state index contributed by atoms with van der Waals surface area (Å²) in [7, 11) is 0. The molecule has 2 aliphatic rings. The zero-order valence-corrected chi connectivity index (χ0v) is 42.2. The number of aromatic nitrogens is 2. The highest BCUT2D eigenvalue weighted by atomic mass is 16.3. The van der Waals surface area contributed by atoms with Gasteiger partial charge in [-0.1, -0.05) is 191 Å². The maximum atomic E-state index is 14.2. The van der Waals surface area contributed by atoms with Crippen molar-refractivity contribution in [2.45, 2.75) is 60.3 Å². The van der Waals surface area contributed by atoms with E-state index in [4.69, 9.17) is 9.97 Å². The van der Waals surface area contributed by atoms with E-state index in [0.717, 1.165) is 108 Å². The number of fused-ring (bicyclic) bond motifs is 4. The fourth-order valence-corrected chi connectivity index (χ4v) is 12.4. The van der Waals surface area contributed by atoms with Crippen molar-refractivity contribution < 1.29 is 9.90 Å². The molecule has 2 atom stereocenters. The number of Topliss-reactive ketones (excluding diaryl/α,β-unsaturated/α-hetero) is 1. The summed E-state index contributed by atoms with van der Waals surface area (Å²) in [5.74, 6) is 0.485. The van der Waals surface area contributed by atoms with Crippen LogP contribution < -0.4 is 0 Å². The molecule has 2 aromatic heterocycles. The van der Waals surface area contributed by atoms with Crippen molar-refractivity contribution in [3.63, 3.8) is 0 Å². The monoisotopic (exact) mass is 946 g/mol. The minimum absolute atomic E-state index is 0.0706. The molecule has 8 aromatic carbocycles. The van der Waals surface area contributed by atoms with E-state index >= 15 is 0 Å². The second-order valence-electron chi connectivity index (χ2n) is 21.2. The van der Waals surface area contributed by atoms with Gasteiger partial charge in [0.25, 0.3) is 0 Å².